The van der Waals surface area contributed by atoms with Crippen LogP contribution in [-0.4, -0.2) is 51.0 Å². The first-order valence-corrected chi connectivity index (χ1v) is 10.4. The van der Waals surface area contributed by atoms with Gasteiger partial charge in [0.2, 0.25) is 0 Å². The molecule has 0 saturated heterocycles. The average Bonchev–Trinajstić information content (AvgIpc) is 3.41. The van der Waals surface area contributed by atoms with Gasteiger partial charge in [-0.15, -0.1) is 0 Å². The zero-order valence-electron chi connectivity index (χ0n) is 18.0. The average molecular weight is 438 g/mol. The van der Waals surface area contributed by atoms with Gasteiger partial charge in [0.05, 0.1) is 13.2 Å². The molecular formula is C22H27N7O3. The van der Waals surface area contributed by atoms with Crippen molar-refractivity contribution < 1.29 is 9.47 Å². The fourth-order valence-electron chi connectivity index (χ4n) is 3.36. The van der Waals surface area contributed by atoms with Crippen LogP contribution in [0.5, 0.6) is 6.01 Å². The highest BCUT2D eigenvalue weighted by Crippen LogP contribution is 2.18. The normalized spacial score (nSPS) is 11.3. The Morgan fingerprint density at radius 3 is 2.59 bits per heavy atom. The zero-order valence-corrected chi connectivity index (χ0v) is 18.0. The lowest BCUT2D eigenvalue weighted by molar-refractivity contribution is 0.141. The van der Waals surface area contributed by atoms with Crippen LogP contribution in [0.15, 0.2) is 53.6 Å². The second-order valence-corrected chi connectivity index (χ2v) is 7.36. The quantitative estimate of drug-likeness (QED) is 0.303. The summed E-state index contributed by atoms with van der Waals surface area (Å²) < 4.78 is 14.1. The van der Waals surface area contributed by atoms with Crippen molar-refractivity contribution in [3.8, 4) is 6.01 Å². The molecule has 32 heavy (non-hydrogen) atoms. The molecule has 0 atom stereocenters. The molecule has 0 fully saturated rings. The van der Waals surface area contributed by atoms with E-state index in [9.17, 15) is 4.79 Å². The Morgan fingerprint density at radius 1 is 1.09 bits per heavy atom. The molecule has 0 unspecified atom stereocenters. The molecule has 10 nitrogen and oxygen atoms in total. The zero-order chi connectivity index (χ0) is 22.3. The first-order valence-electron chi connectivity index (χ1n) is 10.4. The van der Waals surface area contributed by atoms with Crippen LogP contribution in [0.3, 0.4) is 0 Å². The van der Waals surface area contributed by atoms with Gasteiger partial charge in [0.15, 0.2) is 11.5 Å². The van der Waals surface area contributed by atoms with Crippen molar-refractivity contribution in [3.05, 3.63) is 70.4 Å². The fraction of sp³-hybridized carbons (Fsp3) is 0.318. The predicted octanol–water partition coefficient (Wildman–Crippen LogP) is 1.37. The Balaban J connectivity index is 1.42. The van der Waals surface area contributed by atoms with E-state index in [1.165, 1.54) is 10.1 Å². The van der Waals surface area contributed by atoms with Crippen molar-refractivity contribution in [2.45, 2.75) is 19.6 Å². The number of nitrogen functional groups attached to an aromatic ring is 1. The van der Waals surface area contributed by atoms with Crippen LogP contribution < -0.4 is 21.5 Å². The van der Waals surface area contributed by atoms with Crippen molar-refractivity contribution in [2.75, 3.05) is 32.6 Å². The van der Waals surface area contributed by atoms with Gasteiger partial charge in [-0.3, -0.25) is 4.57 Å². The van der Waals surface area contributed by atoms with Gasteiger partial charge in [0.1, 0.15) is 12.1 Å². The van der Waals surface area contributed by atoms with Crippen LogP contribution in [0, 0.1) is 0 Å². The van der Waals surface area contributed by atoms with E-state index in [0.29, 0.717) is 24.3 Å². The number of H-pyrrole nitrogens is 1. The van der Waals surface area contributed by atoms with E-state index in [4.69, 9.17) is 15.2 Å². The number of anilines is 1. The largest absolute Gasteiger partial charge is 0.461 e. The van der Waals surface area contributed by atoms with E-state index in [-0.39, 0.29) is 24.1 Å². The number of aromatic nitrogens is 5. The molecule has 4 aromatic rings. The van der Waals surface area contributed by atoms with Gasteiger partial charge in [0, 0.05) is 39.1 Å². The molecule has 3 heterocycles. The Hall–Kier alpha value is -3.63. The highest BCUT2D eigenvalue weighted by molar-refractivity contribution is 5.81. The summed E-state index contributed by atoms with van der Waals surface area (Å²) in [7, 11) is 1.58. The lowest BCUT2D eigenvalue weighted by Gasteiger charge is -2.08. The number of methoxy groups -OCH3 is 1. The molecular weight excluding hydrogens is 410 g/mol. The Bertz CT molecular complexity index is 1200. The van der Waals surface area contributed by atoms with Crippen molar-refractivity contribution >= 4 is 17.0 Å². The number of hydrogen-bond acceptors (Lipinski definition) is 7. The number of ether oxygens (including phenoxy) is 2. The number of benzene rings is 1. The van der Waals surface area contributed by atoms with E-state index in [1.54, 1.807) is 7.11 Å². The minimum absolute atomic E-state index is 0.112. The maximum Gasteiger partial charge on any atom is 0.328 e. The predicted molar refractivity (Wildman–Crippen MR) is 122 cm³/mol. The van der Waals surface area contributed by atoms with Crippen LogP contribution in [0.25, 0.3) is 11.2 Å². The number of fused-ring (bicyclic) bond motifs is 1. The van der Waals surface area contributed by atoms with Crippen LogP contribution in [0.4, 0.5) is 5.82 Å². The van der Waals surface area contributed by atoms with Gasteiger partial charge in [-0.1, -0.05) is 24.3 Å². The summed E-state index contributed by atoms with van der Waals surface area (Å²) in [5.41, 5.74) is 8.65. The summed E-state index contributed by atoms with van der Waals surface area (Å²) in [6, 6.07) is 12.3. The number of imidazole rings is 1. The standard InChI is InChI=1S/C22H27N7O3/c1-31-12-13-32-21-26-19(23)18-20(27-21)29(22(30)25-18)15-17-6-4-16(5-7-17)14-24-8-11-28-9-2-3-10-28/h2-7,9-10,24H,8,11-15H2,1H3,(H,25,30)(H2,23,26,27). The highest BCUT2D eigenvalue weighted by Gasteiger charge is 2.15. The maximum absolute atomic E-state index is 12.5. The topological polar surface area (TPSA) is 125 Å². The van der Waals surface area contributed by atoms with Crippen molar-refractivity contribution in [1.29, 1.82) is 0 Å². The third-order valence-corrected chi connectivity index (χ3v) is 5.05. The van der Waals surface area contributed by atoms with E-state index < -0.39 is 0 Å². The molecule has 3 aromatic heterocycles. The number of nitrogens with one attached hydrogen (secondary N) is 2. The summed E-state index contributed by atoms with van der Waals surface area (Å²) in [4.78, 5) is 23.7. The van der Waals surface area contributed by atoms with Gasteiger partial charge in [-0.25, -0.2) is 4.79 Å². The fourth-order valence-corrected chi connectivity index (χ4v) is 3.36. The smallest absolute Gasteiger partial charge is 0.328 e. The lowest BCUT2D eigenvalue weighted by atomic mass is 10.1. The summed E-state index contributed by atoms with van der Waals surface area (Å²) in [5.74, 6) is 0.166. The van der Waals surface area contributed by atoms with Gasteiger partial charge in [-0.2, -0.15) is 9.97 Å². The molecule has 0 radical (unpaired) electrons. The molecule has 0 amide bonds. The third kappa shape index (κ3) is 5.16. The van der Waals surface area contributed by atoms with Crippen molar-refractivity contribution in [3.63, 3.8) is 0 Å². The number of rotatable bonds is 11. The molecule has 10 heteroatoms. The molecule has 1 aromatic carbocycles. The minimum Gasteiger partial charge on any atom is -0.461 e. The maximum atomic E-state index is 12.5. The van der Waals surface area contributed by atoms with E-state index in [2.05, 4.69) is 49.4 Å². The molecule has 0 aliphatic rings. The molecule has 4 rings (SSSR count). The van der Waals surface area contributed by atoms with Crippen molar-refractivity contribution in [1.82, 2.24) is 29.4 Å². The lowest BCUT2D eigenvalue weighted by Crippen LogP contribution is -2.19. The molecule has 0 spiro atoms. The Kier molecular flexibility index (Phi) is 6.83. The van der Waals surface area contributed by atoms with Gasteiger partial charge in [-0.05, 0) is 23.3 Å². The summed E-state index contributed by atoms with van der Waals surface area (Å²) in [5, 5.41) is 3.44. The number of aromatic amines is 1. The van der Waals surface area contributed by atoms with Gasteiger partial charge >= 0.3 is 11.7 Å². The molecule has 168 valence electrons. The van der Waals surface area contributed by atoms with Crippen LogP contribution in [0.1, 0.15) is 11.1 Å². The van der Waals surface area contributed by atoms with Gasteiger partial charge in [0.25, 0.3) is 0 Å². The summed E-state index contributed by atoms with van der Waals surface area (Å²) in [6.45, 7) is 3.63. The highest BCUT2D eigenvalue weighted by atomic mass is 16.5. The van der Waals surface area contributed by atoms with E-state index in [1.807, 2.05) is 24.3 Å². The second kappa shape index (κ2) is 10.1. The monoisotopic (exact) mass is 437 g/mol. The molecule has 4 N–H and O–H groups in total. The van der Waals surface area contributed by atoms with E-state index >= 15 is 0 Å². The Labute approximate surface area is 185 Å². The van der Waals surface area contributed by atoms with Gasteiger partial charge < -0.3 is 30.1 Å². The first-order chi connectivity index (χ1) is 15.6. The first kappa shape index (κ1) is 21.6. The molecule has 0 aliphatic heterocycles. The van der Waals surface area contributed by atoms with Crippen molar-refractivity contribution in [2.24, 2.45) is 0 Å². The number of hydrogen-bond donors (Lipinski definition) is 3. The minimum atomic E-state index is -0.300. The SMILES string of the molecule is COCCOc1nc(N)c2[nH]c(=O)n(Cc3ccc(CNCCn4cccc4)cc3)c2n1. The van der Waals surface area contributed by atoms with Crippen LogP contribution in [0.2, 0.25) is 0 Å². The van der Waals surface area contributed by atoms with E-state index in [0.717, 1.165) is 25.2 Å². The second-order valence-electron chi connectivity index (χ2n) is 7.36. The Morgan fingerprint density at radius 2 is 1.84 bits per heavy atom. The molecule has 0 saturated carbocycles. The van der Waals surface area contributed by atoms with Crippen LogP contribution >= 0.6 is 0 Å². The molecule has 0 bridgehead atoms. The van der Waals surface area contributed by atoms with Crippen LogP contribution in [-0.2, 0) is 24.4 Å². The third-order valence-electron chi connectivity index (χ3n) is 5.05. The number of nitrogens with two attached hydrogens (primary N) is 1. The number of nitrogens with zero attached hydrogens (tertiary/aromatic N) is 4. The summed E-state index contributed by atoms with van der Waals surface area (Å²) >= 11 is 0. The summed E-state index contributed by atoms with van der Waals surface area (Å²) in [6.07, 6.45) is 4.10. The molecule has 0 aliphatic carbocycles.